The fraction of sp³-hybridized carbons (Fsp3) is 1.00. The zero-order valence-electron chi connectivity index (χ0n) is 8.69. The Kier molecular flexibility index (Phi) is 4.31. The largest absolute Gasteiger partial charge is 0.380 e. The third kappa shape index (κ3) is 3.53. The predicted octanol–water partition coefficient (Wildman–Crippen LogP) is -0.744. The number of sulfonamides is 1. The molecule has 0 radical (unpaired) electrons. The minimum atomic E-state index is -3.06. The molecular weight excluding hydrogens is 204 g/mol. The SMILES string of the molecule is CN(C)S(=O)(=O)CCNC1CCOC1. The minimum absolute atomic E-state index is 0.149. The van der Waals surface area contributed by atoms with Gasteiger partial charge < -0.3 is 10.1 Å². The van der Waals surface area contributed by atoms with Gasteiger partial charge >= 0.3 is 0 Å². The molecule has 1 aliphatic rings. The third-order valence-corrected chi connectivity index (χ3v) is 4.11. The first-order chi connectivity index (χ1) is 6.52. The van der Waals surface area contributed by atoms with Gasteiger partial charge in [0.15, 0.2) is 0 Å². The van der Waals surface area contributed by atoms with Gasteiger partial charge in [-0.1, -0.05) is 0 Å². The van der Waals surface area contributed by atoms with Crippen LogP contribution < -0.4 is 5.32 Å². The lowest BCUT2D eigenvalue weighted by molar-refractivity contribution is 0.190. The Morgan fingerprint density at radius 1 is 1.50 bits per heavy atom. The molecule has 0 amide bonds. The molecule has 14 heavy (non-hydrogen) atoms. The highest BCUT2D eigenvalue weighted by molar-refractivity contribution is 7.89. The van der Waals surface area contributed by atoms with E-state index >= 15 is 0 Å². The maximum Gasteiger partial charge on any atom is 0.214 e. The summed E-state index contributed by atoms with van der Waals surface area (Å²) in [6.45, 7) is 1.97. The molecule has 0 aromatic carbocycles. The summed E-state index contributed by atoms with van der Waals surface area (Å²) >= 11 is 0. The van der Waals surface area contributed by atoms with Gasteiger partial charge in [-0.15, -0.1) is 0 Å². The van der Waals surface area contributed by atoms with Crippen LogP contribution in [0.25, 0.3) is 0 Å². The average Bonchev–Trinajstić information content (AvgIpc) is 2.56. The van der Waals surface area contributed by atoms with Crippen molar-refractivity contribution in [1.82, 2.24) is 9.62 Å². The summed E-state index contributed by atoms with van der Waals surface area (Å²) in [7, 11) is 0.0394. The highest BCUT2D eigenvalue weighted by atomic mass is 32.2. The number of rotatable bonds is 5. The molecule has 1 unspecified atom stereocenters. The molecular formula is C8H18N2O3S. The van der Waals surface area contributed by atoms with Crippen molar-refractivity contribution in [3.63, 3.8) is 0 Å². The van der Waals surface area contributed by atoms with Gasteiger partial charge in [-0.25, -0.2) is 12.7 Å². The minimum Gasteiger partial charge on any atom is -0.380 e. The van der Waals surface area contributed by atoms with Gasteiger partial charge in [-0.3, -0.25) is 0 Å². The van der Waals surface area contributed by atoms with Crippen molar-refractivity contribution >= 4 is 10.0 Å². The average molecular weight is 222 g/mol. The Bertz CT molecular complexity index is 258. The molecule has 1 rings (SSSR count). The molecule has 1 atom stereocenters. The lowest BCUT2D eigenvalue weighted by atomic mass is 10.3. The van der Waals surface area contributed by atoms with Crippen LogP contribution in [0.15, 0.2) is 0 Å². The molecule has 1 N–H and O–H groups in total. The van der Waals surface area contributed by atoms with Gasteiger partial charge in [-0.2, -0.15) is 0 Å². The smallest absolute Gasteiger partial charge is 0.214 e. The molecule has 1 aliphatic heterocycles. The van der Waals surface area contributed by atoms with E-state index in [1.807, 2.05) is 0 Å². The van der Waals surface area contributed by atoms with E-state index in [0.29, 0.717) is 19.2 Å². The summed E-state index contributed by atoms with van der Waals surface area (Å²) in [6.07, 6.45) is 0.974. The van der Waals surface area contributed by atoms with Crippen molar-refractivity contribution < 1.29 is 13.2 Å². The second-order valence-electron chi connectivity index (χ2n) is 3.61. The molecule has 1 fully saturated rings. The Labute approximate surface area is 85.5 Å². The van der Waals surface area contributed by atoms with Crippen molar-refractivity contribution in [2.75, 3.05) is 39.6 Å². The van der Waals surface area contributed by atoms with Gasteiger partial charge in [-0.05, 0) is 6.42 Å². The molecule has 6 heteroatoms. The van der Waals surface area contributed by atoms with Crippen LogP contribution in [0.1, 0.15) is 6.42 Å². The van der Waals surface area contributed by atoms with Crippen LogP contribution in [0.3, 0.4) is 0 Å². The van der Waals surface area contributed by atoms with E-state index in [2.05, 4.69) is 5.32 Å². The lowest BCUT2D eigenvalue weighted by Crippen LogP contribution is -2.36. The summed E-state index contributed by atoms with van der Waals surface area (Å²) < 4.78 is 29.1. The van der Waals surface area contributed by atoms with Crippen LogP contribution in [0.5, 0.6) is 0 Å². The molecule has 0 aromatic heterocycles. The van der Waals surface area contributed by atoms with Gasteiger partial charge in [0.2, 0.25) is 10.0 Å². The van der Waals surface area contributed by atoms with Crippen molar-refractivity contribution in [3.05, 3.63) is 0 Å². The van der Waals surface area contributed by atoms with Crippen LogP contribution >= 0.6 is 0 Å². The molecule has 0 aromatic rings. The van der Waals surface area contributed by atoms with E-state index < -0.39 is 10.0 Å². The van der Waals surface area contributed by atoms with E-state index in [1.54, 1.807) is 14.1 Å². The second kappa shape index (κ2) is 5.06. The first-order valence-corrected chi connectivity index (χ1v) is 6.34. The molecule has 1 saturated heterocycles. The summed E-state index contributed by atoms with van der Waals surface area (Å²) in [5.74, 6) is 0.149. The van der Waals surface area contributed by atoms with Crippen molar-refractivity contribution in [1.29, 1.82) is 0 Å². The number of hydrogen-bond donors (Lipinski definition) is 1. The number of nitrogens with zero attached hydrogens (tertiary/aromatic N) is 1. The van der Waals surface area contributed by atoms with Crippen LogP contribution in [-0.2, 0) is 14.8 Å². The van der Waals surface area contributed by atoms with E-state index in [9.17, 15) is 8.42 Å². The molecule has 0 saturated carbocycles. The fourth-order valence-electron chi connectivity index (χ4n) is 1.27. The molecule has 0 bridgehead atoms. The van der Waals surface area contributed by atoms with Gasteiger partial charge in [0, 0.05) is 33.3 Å². The first-order valence-electron chi connectivity index (χ1n) is 4.74. The first kappa shape index (κ1) is 11.9. The molecule has 5 nitrogen and oxygen atoms in total. The zero-order chi connectivity index (χ0) is 10.6. The van der Waals surface area contributed by atoms with E-state index in [4.69, 9.17) is 4.74 Å². The Morgan fingerprint density at radius 3 is 2.71 bits per heavy atom. The normalized spacial score (nSPS) is 23.2. The van der Waals surface area contributed by atoms with Crippen molar-refractivity contribution in [3.8, 4) is 0 Å². The van der Waals surface area contributed by atoms with E-state index in [1.165, 1.54) is 4.31 Å². The molecule has 0 spiro atoms. The Balaban J connectivity index is 2.20. The molecule has 1 heterocycles. The standard InChI is InChI=1S/C8H18N2O3S/c1-10(2)14(11,12)6-4-9-8-3-5-13-7-8/h8-9H,3-7H2,1-2H3. The van der Waals surface area contributed by atoms with Crippen LogP contribution in [0.2, 0.25) is 0 Å². The van der Waals surface area contributed by atoms with E-state index in [-0.39, 0.29) is 5.75 Å². The van der Waals surface area contributed by atoms with Crippen LogP contribution in [0, 0.1) is 0 Å². The third-order valence-electron chi connectivity index (χ3n) is 2.28. The van der Waals surface area contributed by atoms with Gasteiger partial charge in [0.25, 0.3) is 0 Å². The number of hydrogen-bond acceptors (Lipinski definition) is 4. The topological polar surface area (TPSA) is 58.6 Å². The quantitative estimate of drug-likeness (QED) is 0.665. The van der Waals surface area contributed by atoms with Crippen molar-refractivity contribution in [2.45, 2.75) is 12.5 Å². The maximum absolute atomic E-state index is 11.4. The fourth-order valence-corrected chi connectivity index (χ4v) is 2.01. The van der Waals surface area contributed by atoms with Gasteiger partial charge in [0.05, 0.1) is 12.4 Å². The van der Waals surface area contributed by atoms with E-state index in [0.717, 1.165) is 13.0 Å². The summed E-state index contributed by atoms with van der Waals surface area (Å²) in [4.78, 5) is 0. The van der Waals surface area contributed by atoms with Crippen LogP contribution in [0.4, 0.5) is 0 Å². The summed E-state index contributed by atoms with van der Waals surface area (Å²) in [5.41, 5.74) is 0. The molecule has 0 aliphatic carbocycles. The highest BCUT2D eigenvalue weighted by Crippen LogP contribution is 2.02. The maximum atomic E-state index is 11.4. The van der Waals surface area contributed by atoms with Crippen LogP contribution in [-0.4, -0.2) is 58.4 Å². The predicted molar refractivity (Wildman–Crippen MR) is 54.7 cm³/mol. The lowest BCUT2D eigenvalue weighted by Gasteiger charge is -2.13. The zero-order valence-corrected chi connectivity index (χ0v) is 9.51. The van der Waals surface area contributed by atoms with Gasteiger partial charge in [0.1, 0.15) is 0 Å². The second-order valence-corrected chi connectivity index (χ2v) is 5.92. The summed E-state index contributed by atoms with van der Waals surface area (Å²) in [5, 5.41) is 3.16. The Morgan fingerprint density at radius 2 is 2.21 bits per heavy atom. The highest BCUT2D eigenvalue weighted by Gasteiger charge is 2.17. The monoisotopic (exact) mass is 222 g/mol. The number of ether oxygens (including phenoxy) is 1. The molecule has 84 valence electrons. The summed E-state index contributed by atoms with van der Waals surface area (Å²) in [6, 6.07) is 0.326. The number of nitrogens with one attached hydrogen (secondary N) is 1. The Hall–Kier alpha value is -0.170. The van der Waals surface area contributed by atoms with Crippen molar-refractivity contribution in [2.24, 2.45) is 0 Å².